The standard InChI is InChI=1S/C24H25NO3S/c1-18-14-16-21(17-15-18)29(26,27)25-22(19-10-6-4-7-11-19)23(28-24(25,2)3)20-12-8-5-9-13-20/h4-17,22-23H,1-3H3/t22-,23-/m1/s1. The SMILES string of the molecule is Cc1ccc(S(=O)(=O)N2[C@H](c3ccccc3)[C@@H](c3ccccc3)OC2(C)C)cc1. The van der Waals surface area contributed by atoms with Crippen molar-refractivity contribution in [1.29, 1.82) is 0 Å². The zero-order valence-corrected chi connectivity index (χ0v) is 17.6. The number of aryl methyl sites for hydroxylation is 1. The van der Waals surface area contributed by atoms with E-state index in [4.69, 9.17) is 4.74 Å². The quantitative estimate of drug-likeness (QED) is 0.595. The highest BCUT2D eigenvalue weighted by Crippen LogP contribution is 2.51. The Labute approximate surface area is 172 Å². The van der Waals surface area contributed by atoms with Gasteiger partial charge in [-0.15, -0.1) is 0 Å². The number of benzene rings is 3. The van der Waals surface area contributed by atoms with Crippen molar-refractivity contribution in [3.63, 3.8) is 0 Å². The average molecular weight is 408 g/mol. The van der Waals surface area contributed by atoms with Gasteiger partial charge in [-0.25, -0.2) is 8.42 Å². The molecule has 0 radical (unpaired) electrons. The Hall–Kier alpha value is -2.47. The zero-order valence-electron chi connectivity index (χ0n) is 16.8. The van der Waals surface area contributed by atoms with Crippen molar-refractivity contribution in [3.8, 4) is 0 Å². The van der Waals surface area contributed by atoms with Crippen molar-refractivity contribution in [2.75, 3.05) is 0 Å². The van der Waals surface area contributed by atoms with Crippen molar-refractivity contribution in [1.82, 2.24) is 4.31 Å². The minimum atomic E-state index is -3.79. The van der Waals surface area contributed by atoms with E-state index in [1.807, 2.05) is 93.6 Å². The van der Waals surface area contributed by atoms with Gasteiger partial charge in [0.2, 0.25) is 10.0 Å². The highest BCUT2D eigenvalue weighted by Gasteiger charge is 2.54. The lowest BCUT2D eigenvalue weighted by Gasteiger charge is -2.32. The molecule has 150 valence electrons. The van der Waals surface area contributed by atoms with Crippen LogP contribution in [-0.4, -0.2) is 18.4 Å². The lowest BCUT2D eigenvalue weighted by molar-refractivity contribution is -0.0509. The molecule has 4 rings (SSSR count). The van der Waals surface area contributed by atoms with Crippen molar-refractivity contribution in [2.45, 2.75) is 43.5 Å². The fraction of sp³-hybridized carbons (Fsp3) is 0.250. The number of hydrogen-bond donors (Lipinski definition) is 0. The smallest absolute Gasteiger partial charge is 0.246 e. The molecule has 3 aromatic carbocycles. The van der Waals surface area contributed by atoms with Crippen LogP contribution in [0, 0.1) is 6.92 Å². The number of ether oxygens (including phenoxy) is 1. The first-order valence-corrected chi connectivity index (χ1v) is 11.1. The Morgan fingerprint density at radius 3 is 1.86 bits per heavy atom. The zero-order chi connectivity index (χ0) is 20.6. The summed E-state index contributed by atoms with van der Waals surface area (Å²) in [6.45, 7) is 5.58. The van der Waals surface area contributed by atoms with Gasteiger partial charge in [0.05, 0.1) is 10.9 Å². The molecule has 1 fully saturated rings. The molecule has 0 amide bonds. The van der Waals surface area contributed by atoms with E-state index < -0.39 is 27.9 Å². The minimum Gasteiger partial charge on any atom is -0.350 e. The van der Waals surface area contributed by atoms with Gasteiger partial charge in [-0.3, -0.25) is 0 Å². The highest BCUT2D eigenvalue weighted by molar-refractivity contribution is 7.89. The molecule has 5 heteroatoms. The summed E-state index contributed by atoms with van der Waals surface area (Å²) < 4.78 is 35.5. The van der Waals surface area contributed by atoms with E-state index in [-0.39, 0.29) is 4.90 Å². The lowest BCUT2D eigenvalue weighted by Crippen LogP contribution is -2.44. The molecule has 0 bridgehead atoms. The molecular formula is C24H25NO3S. The first-order valence-electron chi connectivity index (χ1n) is 9.70. The van der Waals surface area contributed by atoms with Gasteiger partial charge in [0.25, 0.3) is 0 Å². The molecule has 0 aromatic heterocycles. The molecule has 3 aromatic rings. The Balaban J connectivity index is 1.89. The normalized spacial score (nSPS) is 21.9. The van der Waals surface area contributed by atoms with E-state index >= 15 is 0 Å². The van der Waals surface area contributed by atoms with Crippen LogP contribution in [0.3, 0.4) is 0 Å². The van der Waals surface area contributed by atoms with Crippen molar-refractivity contribution in [3.05, 3.63) is 102 Å². The molecule has 29 heavy (non-hydrogen) atoms. The molecule has 0 unspecified atom stereocenters. The van der Waals surface area contributed by atoms with Crippen molar-refractivity contribution >= 4 is 10.0 Å². The van der Waals surface area contributed by atoms with Gasteiger partial charge in [-0.05, 0) is 44.0 Å². The van der Waals surface area contributed by atoms with Crippen LogP contribution in [0.5, 0.6) is 0 Å². The second-order valence-electron chi connectivity index (χ2n) is 7.87. The average Bonchev–Trinajstić information content (AvgIpc) is 3.01. The summed E-state index contributed by atoms with van der Waals surface area (Å²) >= 11 is 0. The van der Waals surface area contributed by atoms with Gasteiger partial charge in [0.1, 0.15) is 11.8 Å². The van der Waals surface area contributed by atoms with E-state index in [0.29, 0.717) is 0 Å². The number of sulfonamides is 1. The largest absolute Gasteiger partial charge is 0.350 e. The van der Waals surface area contributed by atoms with Gasteiger partial charge in [-0.1, -0.05) is 78.4 Å². The Kier molecular flexibility index (Phi) is 5.07. The van der Waals surface area contributed by atoms with Crippen molar-refractivity contribution < 1.29 is 13.2 Å². The van der Waals surface area contributed by atoms with E-state index in [0.717, 1.165) is 16.7 Å². The van der Waals surface area contributed by atoms with Crippen LogP contribution in [0.25, 0.3) is 0 Å². The van der Waals surface area contributed by atoms with Gasteiger partial charge < -0.3 is 4.74 Å². The third kappa shape index (κ3) is 3.62. The monoisotopic (exact) mass is 407 g/mol. The van der Waals surface area contributed by atoms with Gasteiger partial charge in [-0.2, -0.15) is 4.31 Å². The maximum Gasteiger partial charge on any atom is 0.246 e. The molecule has 0 aliphatic carbocycles. The van der Waals surface area contributed by atoms with E-state index in [1.165, 1.54) is 4.31 Å². The first kappa shape index (κ1) is 19.8. The van der Waals surface area contributed by atoms with E-state index in [1.54, 1.807) is 12.1 Å². The fourth-order valence-corrected chi connectivity index (χ4v) is 5.86. The molecule has 0 saturated carbocycles. The predicted molar refractivity (Wildman–Crippen MR) is 114 cm³/mol. The third-order valence-corrected chi connectivity index (χ3v) is 7.39. The summed E-state index contributed by atoms with van der Waals surface area (Å²) in [7, 11) is -3.79. The van der Waals surface area contributed by atoms with Gasteiger partial charge in [0, 0.05) is 0 Å². The topological polar surface area (TPSA) is 46.6 Å². The third-order valence-electron chi connectivity index (χ3n) is 5.33. The summed E-state index contributed by atoms with van der Waals surface area (Å²) in [6, 6.07) is 26.0. The lowest BCUT2D eigenvalue weighted by atomic mass is 9.96. The molecular weight excluding hydrogens is 382 g/mol. The summed E-state index contributed by atoms with van der Waals surface area (Å²) in [5, 5.41) is 0. The maximum atomic E-state index is 13.8. The summed E-state index contributed by atoms with van der Waals surface area (Å²) in [5.41, 5.74) is 1.87. The number of hydrogen-bond acceptors (Lipinski definition) is 3. The van der Waals surface area contributed by atoms with Gasteiger partial charge >= 0.3 is 0 Å². The molecule has 0 N–H and O–H groups in total. The molecule has 1 heterocycles. The highest BCUT2D eigenvalue weighted by atomic mass is 32.2. The summed E-state index contributed by atoms with van der Waals surface area (Å²) in [6.07, 6.45) is -0.408. The molecule has 4 nitrogen and oxygen atoms in total. The number of nitrogens with zero attached hydrogens (tertiary/aromatic N) is 1. The van der Waals surface area contributed by atoms with Crippen LogP contribution in [0.15, 0.2) is 89.8 Å². The van der Waals surface area contributed by atoms with Crippen LogP contribution in [0.4, 0.5) is 0 Å². The minimum absolute atomic E-state index is 0.273. The first-order chi connectivity index (χ1) is 13.8. The van der Waals surface area contributed by atoms with Gasteiger partial charge in [0.15, 0.2) is 0 Å². The van der Waals surface area contributed by atoms with E-state index in [9.17, 15) is 8.42 Å². The predicted octanol–water partition coefficient (Wildman–Crippen LogP) is 5.23. The second-order valence-corrected chi connectivity index (χ2v) is 9.68. The number of rotatable bonds is 4. The summed E-state index contributed by atoms with van der Waals surface area (Å²) in [4.78, 5) is 0.273. The Bertz CT molecular complexity index is 1080. The van der Waals surface area contributed by atoms with E-state index in [2.05, 4.69) is 0 Å². The van der Waals surface area contributed by atoms with Crippen LogP contribution < -0.4 is 0 Å². The fourth-order valence-electron chi connectivity index (χ4n) is 4.00. The molecule has 1 aliphatic heterocycles. The van der Waals surface area contributed by atoms with Crippen LogP contribution in [0.1, 0.15) is 42.7 Å². The second kappa shape index (κ2) is 7.41. The Morgan fingerprint density at radius 1 is 0.793 bits per heavy atom. The summed E-state index contributed by atoms with van der Waals surface area (Å²) in [5.74, 6) is 0. The van der Waals surface area contributed by atoms with Crippen LogP contribution in [-0.2, 0) is 14.8 Å². The molecule has 1 aliphatic rings. The maximum absolute atomic E-state index is 13.8. The van der Waals surface area contributed by atoms with Crippen molar-refractivity contribution in [2.24, 2.45) is 0 Å². The Morgan fingerprint density at radius 2 is 1.31 bits per heavy atom. The molecule has 1 saturated heterocycles. The molecule has 0 spiro atoms. The van der Waals surface area contributed by atoms with Crippen LogP contribution in [0.2, 0.25) is 0 Å². The molecule has 2 atom stereocenters. The van der Waals surface area contributed by atoms with Crippen LogP contribution >= 0.6 is 0 Å².